The van der Waals surface area contributed by atoms with Crippen LogP contribution in [-0.4, -0.2) is 28.2 Å². The van der Waals surface area contributed by atoms with Crippen molar-refractivity contribution in [1.29, 1.82) is 0 Å². The Morgan fingerprint density at radius 2 is 1.69 bits per heavy atom. The molecule has 2 unspecified atom stereocenters. The molecule has 0 spiro atoms. The lowest BCUT2D eigenvalue weighted by Crippen LogP contribution is -2.41. The second-order valence-corrected chi connectivity index (χ2v) is 10.4. The summed E-state index contributed by atoms with van der Waals surface area (Å²) in [6.45, 7) is 6.07. The summed E-state index contributed by atoms with van der Waals surface area (Å²) >= 11 is 0. The number of amides is 2. The Hall–Kier alpha value is -4.52. The molecular weight excluding hydrogens is 491 g/mol. The average molecular weight is 523 g/mol. The Morgan fingerprint density at radius 3 is 2.38 bits per heavy atom. The van der Waals surface area contributed by atoms with Gasteiger partial charge in [0.1, 0.15) is 22.9 Å². The van der Waals surface area contributed by atoms with Gasteiger partial charge >= 0.3 is 0 Å². The quantitative estimate of drug-likeness (QED) is 0.338. The number of hydrogen-bond acceptors (Lipinski definition) is 3. The smallest absolute Gasteiger partial charge is 0.270 e. The summed E-state index contributed by atoms with van der Waals surface area (Å²) in [5, 5.41) is 5.86. The van der Waals surface area contributed by atoms with Crippen molar-refractivity contribution in [3.05, 3.63) is 119 Å². The van der Waals surface area contributed by atoms with Gasteiger partial charge in [-0.3, -0.25) is 14.0 Å². The van der Waals surface area contributed by atoms with Gasteiger partial charge < -0.3 is 10.6 Å². The number of carbonyl (C=O) groups excluding carboxylic acids is 2. The number of allylic oxidation sites excluding steroid dienone is 2. The van der Waals surface area contributed by atoms with Gasteiger partial charge in [0.15, 0.2) is 0 Å². The van der Waals surface area contributed by atoms with Gasteiger partial charge in [-0.15, -0.1) is 0 Å². The molecule has 2 aromatic carbocycles. The van der Waals surface area contributed by atoms with Crippen molar-refractivity contribution in [2.24, 2.45) is 5.92 Å². The number of nitrogens with one attached hydrogen (secondary N) is 2. The number of halogens is 1. The molecule has 0 fully saturated rings. The van der Waals surface area contributed by atoms with E-state index in [1.165, 1.54) is 12.1 Å². The Morgan fingerprint density at radius 1 is 0.974 bits per heavy atom. The van der Waals surface area contributed by atoms with E-state index in [0.717, 1.165) is 11.1 Å². The SMILES string of the molecule is CNC(=O)c1c(-c2ccc(F)cc2)nc2ccc(C3C=C(C(=O)NC(C)(C)c4ccccc4)C=CC3C)cn12. The van der Waals surface area contributed by atoms with Gasteiger partial charge in [-0.1, -0.05) is 61.5 Å². The lowest BCUT2D eigenvalue weighted by molar-refractivity contribution is -0.118. The fourth-order valence-corrected chi connectivity index (χ4v) is 5.01. The number of carbonyl (C=O) groups is 2. The van der Waals surface area contributed by atoms with Crippen molar-refractivity contribution in [3.63, 3.8) is 0 Å². The minimum atomic E-state index is -0.541. The average Bonchev–Trinajstić information content (AvgIpc) is 3.32. The standard InChI is InChI=1S/C32H31FN4O2/c1-20-10-11-22(30(38)36-32(2,3)24-8-6-5-7-9-24)18-26(20)23-14-17-27-35-28(21-12-15-25(33)16-13-21)29(31(39)34-4)37(27)19-23/h5-20,26H,1-4H3,(H,34,39)(H,36,38). The molecule has 2 atom stereocenters. The molecule has 2 amide bonds. The third-order valence-electron chi connectivity index (χ3n) is 7.27. The van der Waals surface area contributed by atoms with Gasteiger partial charge in [0.25, 0.3) is 11.8 Å². The molecule has 2 N–H and O–H groups in total. The normalized spacial score (nSPS) is 17.1. The lowest BCUT2D eigenvalue weighted by Gasteiger charge is -2.29. The summed E-state index contributed by atoms with van der Waals surface area (Å²) in [6.07, 6.45) is 7.80. The van der Waals surface area contributed by atoms with Crippen molar-refractivity contribution in [2.45, 2.75) is 32.2 Å². The fourth-order valence-electron chi connectivity index (χ4n) is 5.01. The van der Waals surface area contributed by atoms with Gasteiger partial charge in [-0.2, -0.15) is 0 Å². The van der Waals surface area contributed by atoms with E-state index in [4.69, 9.17) is 0 Å². The van der Waals surface area contributed by atoms with Gasteiger partial charge in [-0.25, -0.2) is 9.37 Å². The Kier molecular flexibility index (Phi) is 6.91. The Balaban J connectivity index is 1.51. The summed E-state index contributed by atoms with van der Waals surface area (Å²) in [5.74, 6) is -0.761. The second kappa shape index (κ2) is 10.3. The second-order valence-electron chi connectivity index (χ2n) is 10.4. The molecule has 0 saturated heterocycles. The highest BCUT2D eigenvalue weighted by atomic mass is 19.1. The highest BCUT2D eigenvalue weighted by molar-refractivity contribution is 5.99. The van der Waals surface area contributed by atoms with Crippen LogP contribution in [-0.2, 0) is 10.3 Å². The van der Waals surface area contributed by atoms with Crippen LogP contribution in [0.4, 0.5) is 4.39 Å². The number of rotatable bonds is 6. The van der Waals surface area contributed by atoms with E-state index < -0.39 is 5.54 Å². The van der Waals surface area contributed by atoms with Gasteiger partial charge in [0.05, 0.1) is 5.54 Å². The Bertz CT molecular complexity index is 1600. The third kappa shape index (κ3) is 5.12. The largest absolute Gasteiger partial charge is 0.354 e. The minimum Gasteiger partial charge on any atom is -0.354 e. The number of pyridine rings is 1. The number of nitrogens with zero attached hydrogens (tertiary/aromatic N) is 2. The van der Waals surface area contributed by atoms with E-state index in [1.807, 2.05) is 80.7 Å². The van der Waals surface area contributed by atoms with Gasteiger partial charge in [0, 0.05) is 30.3 Å². The molecule has 0 radical (unpaired) electrons. The number of aromatic nitrogens is 2. The van der Waals surface area contributed by atoms with Crippen molar-refractivity contribution >= 4 is 17.5 Å². The van der Waals surface area contributed by atoms with Crippen molar-refractivity contribution in [3.8, 4) is 11.3 Å². The molecule has 2 aromatic heterocycles. The molecule has 4 aromatic rings. The van der Waals surface area contributed by atoms with Crippen molar-refractivity contribution in [1.82, 2.24) is 20.0 Å². The molecule has 1 aliphatic carbocycles. The topological polar surface area (TPSA) is 75.5 Å². The zero-order valence-electron chi connectivity index (χ0n) is 22.4. The fraction of sp³-hybridized carbons (Fsp3) is 0.219. The maximum Gasteiger partial charge on any atom is 0.270 e. The lowest BCUT2D eigenvalue weighted by atomic mass is 9.82. The van der Waals surface area contributed by atoms with Crippen LogP contribution in [0, 0.1) is 11.7 Å². The summed E-state index contributed by atoms with van der Waals surface area (Å²) in [7, 11) is 1.57. The summed E-state index contributed by atoms with van der Waals surface area (Å²) in [6, 6.07) is 19.7. The maximum absolute atomic E-state index is 13.5. The molecule has 39 heavy (non-hydrogen) atoms. The molecule has 2 heterocycles. The van der Waals surface area contributed by atoms with E-state index in [2.05, 4.69) is 22.5 Å². The van der Waals surface area contributed by atoms with E-state index in [1.54, 1.807) is 23.6 Å². The van der Waals surface area contributed by atoms with E-state index in [9.17, 15) is 14.0 Å². The highest BCUT2D eigenvalue weighted by Crippen LogP contribution is 2.34. The van der Waals surface area contributed by atoms with Gasteiger partial charge in [-0.05, 0) is 61.2 Å². The zero-order valence-corrected chi connectivity index (χ0v) is 22.4. The molecule has 0 saturated carbocycles. The van der Waals surface area contributed by atoms with Crippen LogP contribution in [0.1, 0.15) is 48.3 Å². The molecule has 5 rings (SSSR count). The number of benzene rings is 2. The van der Waals surface area contributed by atoms with Crippen LogP contribution in [0.15, 0.2) is 96.7 Å². The zero-order chi connectivity index (χ0) is 27.7. The summed E-state index contributed by atoms with van der Waals surface area (Å²) < 4.78 is 15.3. The van der Waals surface area contributed by atoms with Crippen LogP contribution in [0.3, 0.4) is 0 Å². The molecule has 1 aliphatic rings. The first-order valence-corrected chi connectivity index (χ1v) is 13.0. The molecule has 0 aliphatic heterocycles. The van der Waals surface area contributed by atoms with Crippen LogP contribution in [0.25, 0.3) is 16.9 Å². The first-order valence-electron chi connectivity index (χ1n) is 13.0. The third-order valence-corrected chi connectivity index (χ3v) is 7.27. The molecule has 6 nitrogen and oxygen atoms in total. The number of imidazole rings is 1. The number of fused-ring (bicyclic) bond motifs is 1. The Labute approximate surface area is 227 Å². The van der Waals surface area contributed by atoms with Crippen LogP contribution in [0.2, 0.25) is 0 Å². The van der Waals surface area contributed by atoms with Crippen LogP contribution < -0.4 is 10.6 Å². The van der Waals surface area contributed by atoms with Crippen LogP contribution in [0.5, 0.6) is 0 Å². The predicted octanol–water partition coefficient (Wildman–Crippen LogP) is 5.77. The van der Waals surface area contributed by atoms with Gasteiger partial charge in [0.2, 0.25) is 0 Å². The van der Waals surface area contributed by atoms with E-state index >= 15 is 0 Å². The predicted molar refractivity (Wildman–Crippen MR) is 151 cm³/mol. The molecule has 0 bridgehead atoms. The highest BCUT2D eigenvalue weighted by Gasteiger charge is 2.28. The van der Waals surface area contributed by atoms with Crippen LogP contribution >= 0.6 is 0 Å². The first-order chi connectivity index (χ1) is 18.7. The van der Waals surface area contributed by atoms with Crippen molar-refractivity contribution < 1.29 is 14.0 Å². The molecule has 198 valence electrons. The first kappa shape index (κ1) is 26.1. The monoisotopic (exact) mass is 522 g/mol. The van der Waals surface area contributed by atoms with Crippen molar-refractivity contribution in [2.75, 3.05) is 7.05 Å². The summed E-state index contributed by atoms with van der Waals surface area (Å²) in [5.41, 5.74) is 4.10. The summed E-state index contributed by atoms with van der Waals surface area (Å²) in [4.78, 5) is 31.0. The molecule has 7 heteroatoms. The minimum absolute atomic E-state index is 0.0887. The van der Waals surface area contributed by atoms with E-state index in [0.29, 0.717) is 28.2 Å². The van der Waals surface area contributed by atoms with E-state index in [-0.39, 0.29) is 29.5 Å². The molecular formula is C32H31FN4O2. The number of hydrogen-bond donors (Lipinski definition) is 2. The maximum atomic E-state index is 13.5.